The lowest BCUT2D eigenvalue weighted by molar-refractivity contribution is 0.402. The van der Waals surface area contributed by atoms with Crippen LogP contribution in [0.1, 0.15) is 74.9 Å². The molecule has 0 amide bonds. The lowest BCUT2D eigenvalue weighted by Crippen LogP contribution is -2.16. The molecule has 1 aromatic rings. The molecule has 3 atom stereocenters. The van der Waals surface area contributed by atoms with E-state index in [1.54, 1.807) is 0 Å². The van der Waals surface area contributed by atoms with Gasteiger partial charge in [0.2, 0.25) is 5.95 Å². The maximum Gasteiger partial charge on any atom is 0.223 e. The molecule has 0 aliphatic heterocycles. The zero-order valence-electron chi connectivity index (χ0n) is 11.4. The van der Waals surface area contributed by atoms with Crippen LogP contribution in [0.5, 0.6) is 0 Å². The number of rotatable bonds is 2. The normalized spacial score (nSPS) is 34.2. The molecule has 2 bridgehead atoms. The van der Waals surface area contributed by atoms with Gasteiger partial charge in [0.1, 0.15) is 11.6 Å². The summed E-state index contributed by atoms with van der Waals surface area (Å²) < 4.78 is 0. The lowest BCUT2D eigenvalue weighted by atomic mass is 9.88. The summed E-state index contributed by atoms with van der Waals surface area (Å²) in [5.41, 5.74) is 5.93. The van der Waals surface area contributed by atoms with Crippen molar-refractivity contribution in [2.45, 2.75) is 63.2 Å². The molecule has 3 fully saturated rings. The fraction of sp³-hybridized carbons (Fsp3) is 0.800. The van der Waals surface area contributed by atoms with E-state index in [1.165, 1.54) is 51.4 Å². The first-order chi connectivity index (χ1) is 9.29. The van der Waals surface area contributed by atoms with Gasteiger partial charge in [-0.25, -0.2) is 4.98 Å². The summed E-state index contributed by atoms with van der Waals surface area (Å²) >= 11 is 0. The van der Waals surface area contributed by atoms with Crippen LogP contribution in [0.25, 0.3) is 0 Å². The molecule has 0 radical (unpaired) electrons. The molecule has 102 valence electrons. The number of nitrogen functional groups attached to an aromatic ring is 1. The van der Waals surface area contributed by atoms with Crippen LogP contribution in [-0.2, 0) is 0 Å². The van der Waals surface area contributed by atoms with Gasteiger partial charge < -0.3 is 5.73 Å². The molecule has 0 saturated heterocycles. The van der Waals surface area contributed by atoms with Crippen LogP contribution in [0.15, 0.2) is 0 Å². The lowest BCUT2D eigenvalue weighted by Gasteiger charge is -2.21. The van der Waals surface area contributed by atoms with Gasteiger partial charge in [-0.3, -0.25) is 0 Å². The number of hydrogen-bond acceptors (Lipinski definition) is 4. The van der Waals surface area contributed by atoms with Crippen LogP contribution >= 0.6 is 0 Å². The molecule has 1 heterocycles. The van der Waals surface area contributed by atoms with Gasteiger partial charge in [0.05, 0.1) is 0 Å². The Balaban J connectivity index is 1.64. The summed E-state index contributed by atoms with van der Waals surface area (Å²) in [7, 11) is 0. The molecule has 3 saturated carbocycles. The average Bonchev–Trinajstić information content (AvgIpc) is 3.15. The average molecular weight is 258 g/mol. The Morgan fingerprint density at radius 1 is 0.842 bits per heavy atom. The summed E-state index contributed by atoms with van der Waals surface area (Å²) in [4.78, 5) is 13.7. The van der Waals surface area contributed by atoms with E-state index in [0.29, 0.717) is 17.8 Å². The Bertz CT molecular complexity index is 481. The van der Waals surface area contributed by atoms with E-state index in [0.717, 1.165) is 23.5 Å². The second-order valence-corrected chi connectivity index (χ2v) is 6.67. The molecule has 4 rings (SSSR count). The number of aromatic nitrogens is 3. The standard InChI is InChI=1S/C15H22N4/c16-15-18-13(10-3-1-2-4-10)17-14(19-15)12-8-9-5-6-11(12)7-9/h9-12H,1-8H2,(H2,16,17,18,19). The van der Waals surface area contributed by atoms with Crippen molar-refractivity contribution in [2.75, 3.05) is 5.73 Å². The van der Waals surface area contributed by atoms with Crippen LogP contribution in [0.2, 0.25) is 0 Å². The molecule has 0 spiro atoms. The highest BCUT2D eigenvalue weighted by molar-refractivity contribution is 5.21. The molecule has 19 heavy (non-hydrogen) atoms. The maximum absolute atomic E-state index is 5.93. The number of nitrogens with zero attached hydrogens (tertiary/aromatic N) is 3. The summed E-state index contributed by atoms with van der Waals surface area (Å²) in [5.74, 6) is 5.23. The first kappa shape index (κ1) is 11.6. The summed E-state index contributed by atoms with van der Waals surface area (Å²) in [6.45, 7) is 0. The van der Waals surface area contributed by atoms with Gasteiger partial charge in [-0.05, 0) is 43.9 Å². The number of anilines is 1. The largest absolute Gasteiger partial charge is 0.368 e. The minimum atomic E-state index is 0.440. The molecule has 3 aliphatic rings. The van der Waals surface area contributed by atoms with E-state index in [1.807, 2.05) is 0 Å². The Morgan fingerprint density at radius 3 is 2.32 bits per heavy atom. The molecule has 2 N–H and O–H groups in total. The Morgan fingerprint density at radius 2 is 1.63 bits per heavy atom. The molecular weight excluding hydrogens is 236 g/mol. The van der Waals surface area contributed by atoms with Crippen molar-refractivity contribution in [1.82, 2.24) is 15.0 Å². The summed E-state index contributed by atoms with van der Waals surface area (Å²) in [5, 5.41) is 0. The highest BCUT2D eigenvalue weighted by Gasteiger charge is 2.42. The molecule has 4 nitrogen and oxygen atoms in total. The quantitative estimate of drug-likeness (QED) is 0.885. The van der Waals surface area contributed by atoms with E-state index in [4.69, 9.17) is 10.7 Å². The molecular formula is C15H22N4. The SMILES string of the molecule is Nc1nc(C2CCCC2)nc(C2CC3CCC2C3)n1. The van der Waals surface area contributed by atoms with Crippen molar-refractivity contribution in [3.63, 3.8) is 0 Å². The van der Waals surface area contributed by atoms with Crippen molar-refractivity contribution in [2.24, 2.45) is 11.8 Å². The van der Waals surface area contributed by atoms with E-state index in [9.17, 15) is 0 Å². The molecule has 4 heteroatoms. The topological polar surface area (TPSA) is 64.7 Å². The Hall–Kier alpha value is -1.19. The molecule has 3 aliphatic carbocycles. The van der Waals surface area contributed by atoms with Crippen molar-refractivity contribution in [3.05, 3.63) is 11.6 Å². The fourth-order valence-corrected chi connectivity index (χ4v) is 4.52. The predicted molar refractivity (Wildman–Crippen MR) is 73.6 cm³/mol. The van der Waals surface area contributed by atoms with Gasteiger partial charge in [0, 0.05) is 11.8 Å². The zero-order chi connectivity index (χ0) is 12.8. The monoisotopic (exact) mass is 258 g/mol. The van der Waals surface area contributed by atoms with Crippen molar-refractivity contribution >= 4 is 5.95 Å². The van der Waals surface area contributed by atoms with E-state index in [2.05, 4.69) is 9.97 Å². The van der Waals surface area contributed by atoms with Gasteiger partial charge >= 0.3 is 0 Å². The Kier molecular flexibility index (Phi) is 2.71. The van der Waals surface area contributed by atoms with Crippen LogP contribution in [0.3, 0.4) is 0 Å². The van der Waals surface area contributed by atoms with E-state index >= 15 is 0 Å². The van der Waals surface area contributed by atoms with Crippen molar-refractivity contribution < 1.29 is 0 Å². The first-order valence-electron chi connectivity index (χ1n) is 7.81. The molecule has 0 aromatic carbocycles. The molecule has 1 aromatic heterocycles. The predicted octanol–water partition coefficient (Wildman–Crippen LogP) is 3.02. The zero-order valence-corrected chi connectivity index (χ0v) is 11.4. The van der Waals surface area contributed by atoms with Gasteiger partial charge in [-0.1, -0.05) is 19.3 Å². The summed E-state index contributed by atoms with van der Waals surface area (Å²) in [6, 6.07) is 0. The maximum atomic E-state index is 5.93. The smallest absolute Gasteiger partial charge is 0.223 e. The van der Waals surface area contributed by atoms with Crippen molar-refractivity contribution in [1.29, 1.82) is 0 Å². The number of nitrogens with two attached hydrogens (primary N) is 1. The third kappa shape index (κ3) is 2.01. The van der Waals surface area contributed by atoms with Gasteiger partial charge in [0.25, 0.3) is 0 Å². The van der Waals surface area contributed by atoms with Gasteiger partial charge in [-0.2, -0.15) is 9.97 Å². The first-order valence-corrected chi connectivity index (χ1v) is 7.81. The highest BCUT2D eigenvalue weighted by atomic mass is 15.1. The molecule has 3 unspecified atom stereocenters. The van der Waals surface area contributed by atoms with Crippen LogP contribution in [0.4, 0.5) is 5.95 Å². The second kappa shape index (κ2) is 4.43. The highest BCUT2D eigenvalue weighted by Crippen LogP contribution is 2.52. The van der Waals surface area contributed by atoms with Crippen molar-refractivity contribution in [3.8, 4) is 0 Å². The van der Waals surface area contributed by atoms with E-state index in [-0.39, 0.29) is 0 Å². The third-order valence-electron chi connectivity index (χ3n) is 5.48. The van der Waals surface area contributed by atoms with Crippen LogP contribution in [-0.4, -0.2) is 15.0 Å². The van der Waals surface area contributed by atoms with E-state index < -0.39 is 0 Å². The minimum absolute atomic E-state index is 0.440. The number of fused-ring (bicyclic) bond motifs is 2. The van der Waals surface area contributed by atoms with Crippen LogP contribution in [0, 0.1) is 11.8 Å². The second-order valence-electron chi connectivity index (χ2n) is 6.67. The number of hydrogen-bond donors (Lipinski definition) is 1. The Labute approximate surface area is 114 Å². The van der Waals surface area contributed by atoms with Gasteiger partial charge in [-0.15, -0.1) is 0 Å². The van der Waals surface area contributed by atoms with Gasteiger partial charge in [0.15, 0.2) is 0 Å². The minimum Gasteiger partial charge on any atom is -0.368 e. The summed E-state index contributed by atoms with van der Waals surface area (Å²) in [6.07, 6.45) is 10.5. The third-order valence-corrected chi connectivity index (χ3v) is 5.48. The van der Waals surface area contributed by atoms with Crippen LogP contribution < -0.4 is 5.73 Å². The fourth-order valence-electron chi connectivity index (χ4n) is 4.52.